The van der Waals surface area contributed by atoms with E-state index >= 15 is 0 Å². The fourth-order valence-electron chi connectivity index (χ4n) is 3.59. The number of pyridine rings is 1. The highest BCUT2D eigenvalue weighted by Gasteiger charge is 2.15. The fraction of sp³-hybridized carbons (Fsp3) is 0.286. The van der Waals surface area contributed by atoms with Gasteiger partial charge in [0, 0.05) is 35.8 Å². The average Bonchev–Trinajstić information content (AvgIpc) is 3.35. The van der Waals surface area contributed by atoms with Crippen molar-refractivity contribution in [3.63, 3.8) is 0 Å². The first kappa shape index (κ1) is 18.8. The maximum absolute atomic E-state index is 12.6. The molecular weight excluding hydrogens is 366 g/mol. The van der Waals surface area contributed by atoms with E-state index < -0.39 is 0 Å². The smallest absolute Gasteiger partial charge is 0.299 e. The van der Waals surface area contributed by atoms with Gasteiger partial charge in [-0.2, -0.15) is 5.21 Å². The molecule has 148 valence electrons. The lowest BCUT2D eigenvalue weighted by atomic mass is 10.0. The first-order valence-corrected chi connectivity index (χ1v) is 9.63. The van der Waals surface area contributed by atoms with Gasteiger partial charge in [-0.05, 0) is 36.3 Å². The van der Waals surface area contributed by atoms with Gasteiger partial charge in [0.05, 0.1) is 12.2 Å². The van der Waals surface area contributed by atoms with Crippen LogP contribution in [0.15, 0.2) is 47.4 Å². The predicted octanol–water partition coefficient (Wildman–Crippen LogP) is 2.74. The molecule has 1 aromatic carbocycles. The summed E-state index contributed by atoms with van der Waals surface area (Å²) in [6, 6.07) is 11.9. The minimum Gasteiger partial charge on any atom is -0.299 e. The second-order valence-electron chi connectivity index (χ2n) is 7.04. The number of imidazole rings is 1. The van der Waals surface area contributed by atoms with Gasteiger partial charge in [0.25, 0.3) is 0 Å². The molecule has 3 aromatic heterocycles. The summed E-state index contributed by atoms with van der Waals surface area (Å²) in [4.78, 5) is 17.2. The molecular formula is C21H23N7O. The monoisotopic (exact) mass is 389 g/mol. The molecule has 0 atom stereocenters. The van der Waals surface area contributed by atoms with Gasteiger partial charge in [0.2, 0.25) is 5.82 Å². The highest BCUT2D eigenvalue weighted by Crippen LogP contribution is 2.27. The number of aromatic amines is 1. The molecule has 8 heteroatoms. The molecule has 3 heterocycles. The van der Waals surface area contributed by atoms with Crippen molar-refractivity contribution in [3.05, 3.63) is 70.0 Å². The molecule has 0 spiro atoms. The normalized spacial score (nSPS) is 11.1. The average molecular weight is 389 g/mol. The molecule has 0 unspecified atom stereocenters. The molecule has 0 amide bonds. The Hall–Kier alpha value is -3.55. The van der Waals surface area contributed by atoms with Crippen LogP contribution >= 0.6 is 0 Å². The van der Waals surface area contributed by atoms with Crippen LogP contribution in [0, 0.1) is 6.92 Å². The van der Waals surface area contributed by atoms with Gasteiger partial charge in [-0.3, -0.25) is 14.1 Å². The van der Waals surface area contributed by atoms with Crippen molar-refractivity contribution in [2.45, 2.75) is 33.2 Å². The highest BCUT2D eigenvalue weighted by atomic mass is 16.1. The Kier molecular flexibility index (Phi) is 5.07. The minimum atomic E-state index is 0.0270. The number of hydrogen-bond acceptors (Lipinski definition) is 5. The molecule has 29 heavy (non-hydrogen) atoms. The Labute approximate surface area is 168 Å². The van der Waals surface area contributed by atoms with E-state index in [0.717, 1.165) is 46.6 Å². The number of aromatic nitrogens is 7. The quantitative estimate of drug-likeness (QED) is 0.547. The second kappa shape index (κ2) is 7.83. The van der Waals surface area contributed by atoms with Crippen molar-refractivity contribution in [2.24, 2.45) is 7.05 Å². The van der Waals surface area contributed by atoms with Crippen LogP contribution in [0.1, 0.15) is 30.3 Å². The van der Waals surface area contributed by atoms with E-state index in [1.807, 2.05) is 54.9 Å². The van der Waals surface area contributed by atoms with Crippen molar-refractivity contribution >= 4 is 0 Å². The van der Waals surface area contributed by atoms with Crippen LogP contribution in [0.5, 0.6) is 0 Å². The van der Waals surface area contributed by atoms with Crippen LogP contribution in [0.2, 0.25) is 0 Å². The maximum atomic E-state index is 12.6. The number of hydrogen-bond donors (Lipinski definition) is 1. The number of rotatable bonds is 6. The molecule has 4 aromatic rings. The third kappa shape index (κ3) is 3.49. The van der Waals surface area contributed by atoms with Gasteiger partial charge in [-0.15, -0.1) is 10.2 Å². The van der Waals surface area contributed by atoms with E-state index in [0.29, 0.717) is 12.4 Å². The van der Waals surface area contributed by atoms with E-state index in [-0.39, 0.29) is 5.69 Å². The van der Waals surface area contributed by atoms with Gasteiger partial charge in [-0.1, -0.05) is 37.6 Å². The minimum absolute atomic E-state index is 0.0270. The first-order chi connectivity index (χ1) is 14.1. The number of H-pyrrole nitrogens is 1. The van der Waals surface area contributed by atoms with Gasteiger partial charge in [0.1, 0.15) is 0 Å². The Morgan fingerprint density at radius 1 is 1.14 bits per heavy atom. The van der Waals surface area contributed by atoms with E-state index in [1.54, 1.807) is 10.8 Å². The summed E-state index contributed by atoms with van der Waals surface area (Å²) in [5.74, 6) is 0.507. The van der Waals surface area contributed by atoms with Crippen LogP contribution in [0.25, 0.3) is 22.6 Å². The molecule has 0 aliphatic carbocycles. The van der Waals surface area contributed by atoms with Gasteiger partial charge >= 0.3 is 5.69 Å². The zero-order chi connectivity index (χ0) is 20.4. The molecule has 0 saturated heterocycles. The number of tetrazole rings is 1. The van der Waals surface area contributed by atoms with Crippen LogP contribution in [-0.4, -0.2) is 34.7 Å². The van der Waals surface area contributed by atoms with Crippen LogP contribution in [-0.2, 0) is 20.0 Å². The molecule has 4 rings (SSSR count). The predicted molar refractivity (Wildman–Crippen MR) is 110 cm³/mol. The zero-order valence-corrected chi connectivity index (χ0v) is 16.8. The van der Waals surface area contributed by atoms with E-state index in [9.17, 15) is 4.79 Å². The first-order valence-electron chi connectivity index (χ1n) is 9.63. The third-order valence-electron chi connectivity index (χ3n) is 5.21. The van der Waals surface area contributed by atoms with Crippen molar-refractivity contribution in [1.29, 1.82) is 0 Å². The maximum Gasteiger partial charge on any atom is 0.328 e. The standard InChI is InChI=1S/C21H23N7O/c1-4-6-18-14(2)27(3)21(29)28(18)13-15-8-10-16(11-9-15)19-17(7-5-12-22-19)20-23-25-26-24-20/h5,7-12H,4,6,13H2,1-3H3,(H,23,24,25,26). The topological polar surface area (TPSA) is 94.3 Å². The Bertz CT molecular complexity index is 1170. The summed E-state index contributed by atoms with van der Waals surface area (Å²) < 4.78 is 3.60. The molecule has 0 aliphatic heterocycles. The fourth-order valence-corrected chi connectivity index (χ4v) is 3.59. The van der Waals surface area contributed by atoms with Crippen molar-refractivity contribution < 1.29 is 0 Å². The number of nitrogens with one attached hydrogen (secondary N) is 1. The summed E-state index contributed by atoms with van der Waals surface area (Å²) in [6.07, 6.45) is 3.64. The van der Waals surface area contributed by atoms with Crippen LogP contribution < -0.4 is 5.69 Å². The summed E-state index contributed by atoms with van der Waals surface area (Å²) in [7, 11) is 1.83. The Morgan fingerprint density at radius 2 is 1.93 bits per heavy atom. The molecule has 1 N–H and O–H groups in total. The largest absolute Gasteiger partial charge is 0.328 e. The van der Waals surface area contributed by atoms with E-state index in [2.05, 4.69) is 32.5 Å². The SMILES string of the molecule is CCCc1c(C)n(C)c(=O)n1Cc1ccc(-c2ncccc2-c2nn[nH]n2)cc1. The van der Waals surface area contributed by atoms with Crippen LogP contribution in [0.4, 0.5) is 0 Å². The van der Waals surface area contributed by atoms with E-state index in [1.165, 1.54) is 0 Å². The molecule has 8 nitrogen and oxygen atoms in total. The zero-order valence-electron chi connectivity index (χ0n) is 16.8. The number of benzene rings is 1. The van der Waals surface area contributed by atoms with Crippen LogP contribution in [0.3, 0.4) is 0 Å². The van der Waals surface area contributed by atoms with Gasteiger partial charge < -0.3 is 0 Å². The summed E-state index contributed by atoms with van der Waals surface area (Å²) in [5.41, 5.74) is 5.79. The molecule has 0 bridgehead atoms. The van der Waals surface area contributed by atoms with Gasteiger partial charge in [0.15, 0.2) is 0 Å². The lowest BCUT2D eigenvalue weighted by Crippen LogP contribution is -2.24. The van der Waals surface area contributed by atoms with Crippen molar-refractivity contribution in [2.75, 3.05) is 0 Å². The molecule has 0 saturated carbocycles. The molecule has 0 aliphatic rings. The Balaban J connectivity index is 1.66. The summed E-state index contributed by atoms with van der Waals surface area (Å²) in [6.45, 7) is 4.69. The van der Waals surface area contributed by atoms with Crippen molar-refractivity contribution in [1.82, 2.24) is 34.7 Å². The highest BCUT2D eigenvalue weighted by molar-refractivity contribution is 5.76. The molecule has 0 radical (unpaired) electrons. The van der Waals surface area contributed by atoms with Gasteiger partial charge in [-0.25, -0.2) is 4.79 Å². The Morgan fingerprint density at radius 3 is 2.62 bits per heavy atom. The lowest BCUT2D eigenvalue weighted by Gasteiger charge is -2.09. The third-order valence-corrected chi connectivity index (χ3v) is 5.21. The summed E-state index contributed by atoms with van der Waals surface area (Å²) >= 11 is 0. The lowest BCUT2D eigenvalue weighted by molar-refractivity contribution is 0.681. The molecule has 0 fully saturated rings. The van der Waals surface area contributed by atoms with Crippen molar-refractivity contribution in [3.8, 4) is 22.6 Å². The second-order valence-corrected chi connectivity index (χ2v) is 7.04. The summed E-state index contributed by atoms with van der Waals surface area (Å²) in [5, 5.41) is 14.2. The van der Waals surface area contributed by atoms with E-state index in [4.69, 9.17) is 0 Å². The number of nitrogens with zero attached hydrogens (tertiary/aromatic N) is 6.